The summed E-state index contributed by atoms with van der Waals surface area (Å²) in [6.45, 7) is 6.58. The van der Waals surface area contributed by atoms with Gasteiger partial charge in [-0.15, -0.1) is 0 Å². The minimum absolute atomic E-state index is 0.0225. The highest BCUT2D eigenvalue weighted by atomic mass is 35.5. The number of nitrogens with zero attached hydrogens (tertiary/aromatic N) is 1. The summed E-state index contributed by atoms with van der Waals surface area (Å²) in [5, 5.41) is 0.692. The van der Waals surface area contributed by atoms with E-state index in [1.807, 2.05) is 56.3 Å². The number of hydrogen-bond donors (Lipinski definition) is 0. The maximum Gasteiger partial charge on any atom is 0.263 e. The number of carbonyl (C=O) groups is 1. The van der Waals surface area contributed by atoms with Crippen LogP contribution in [0.4, 0.5) is 0 Å². The van der Waals surface area contributed by atoms with Crippen LogP contribution in [-0.2, 0) is 11.3 Å². The van der Waals surface area contributed by atoms with Crippen LogP contribution in [0, 0.1) is 13.8 Å². The van der Waals surface area contributed by atoms with Crippen LogP contribution in [-0.4, -0.2) is 24.0 Å². The molecule has 0 aromatic heterocycles. The molecule has 4 heteroatoms. The Bertz CT molecular complexity index is 697. The molecule has 0 heterocycles. The second kappa shape index (κ2) is 8.20. The lowest BCUT2D eigenvalue weighted by Crippen LogP contribution is -2.39. The van der Waals surface area contributed by atoms with Crippen LogP contribution in [0.15, 0.2) is 42.5 Å². The maximum absolute atomic E-state index is 12.7. The van der Waals surface area contributed by atoms with Crippen LogP contribution in [0.5, 0.6) is 5.75 Å². The number of carbonyl (C=O) groups excluding carboxylic acids is 1. The molecular weight excluding hydrogens is 322 g/mol. The molecular formula is C20H24ClNO2. The molecule has 0 saturated heterocycles. The first-order valence-corrected chi connectivity index (χ1v) is 8.51. The molecule has 3 nitrogen and oxygen atoms in total. The zero-order valence-electron chi connectivity index (χ0n) is 14.7. The first-order valence-electron chi connectivity index (χ1n) is 8.14. The zero-order chi connectivity index (χ0) is 17.7. The number of amides is 1. The van der Waals surface area contributed by atoms with Crippen molar-refractivity contribution in [2.45, 2.75) is 39.8 Å². The molecule has 0 spiro atoms. The Morgan fingerprint density at radius 1 is 1.12 bits per heavy atom. The minimum atomic E-state index is -0.482. The summed E-state index contributed by atoms with van der Waals surface area (Å²) in [4.78, 5) is 14.4. The summed E-state index contributed by atoms with van der Waals surface area (Å²) in [6, 6.07) is 13.4. The molecule has 2 rings (SSSR count). The lowest BCUT2D eigenvalue weighted by Gasteiger charge is -2.24. The van der Waals surface area contributed by atoms with E-state index >= 15 is 0 Å². The molecule has 2 aromatic carbocycles. The average molecular weight is 346 g/mol. The molecule has 0 unspecified atom stereocenters. The van der Waals surface area contributed by atoms with Crippen molar-refractivity contribution in [2.75, 3.05) is 7.05 Å². The predicted octanol–water partition coefficient (Wildman–Crippen LogP) is 4.77. The third-order valence-electron chi connectivity index (χ3n) is 4.11. The summed E-state index contributed by atoms with van der Waals surface area (Å²) >= 11 is 5.90. The molecule has 0 aliphatic heterocycles. The standard InChI is InChI=1S/C20H24ClNO2/c1-5-19(24-18-11-6-14(2)15(3)12-18)20(23)22(4)13-16-7-9-17(21)10-8-16/h6-12,19H,5,13H2,1-4H3/t19-/m0/s1. The maximum atomic E-state index is 12.7. The fourth-order valence-corrected chi connectivity index (χ4v) is 2.57. The van der Waals surface area contributed by atoms with E-state index in [1.54, 1.807) is 11.9 Å². The number of halogens is 1. The van der Waals surface area contributed by atoms with Gasteiger partial charge < -0.3 is 9.64 Å². The van der Waals surface area contributed by atoms with Crippen LogP contribution >= 0.6 is 11.6 Å². The Morgan fingerprint density at radius 2 is 1.79 bits per heavy atom. The van der Waals surface area contributed by atoms with Gasteiger partial charge in [0, 0.05) is 18.6 Å². The molecule has 0 aliphatic carbocycles. The SMILES string of the molecule is CC[C@H](Oc1ccc(C)c(C)c1)C(=O)N(C)Cc1ccc(Cl)cc1. The topological polar surface area (TPSA) is 29.5 Å². The minimum Gasteiger partial charge on any atom is -0.481 e. The van der Waals surface area contributed by atoms with Crippen LogP contribution < -0.4 is 4.74 Å². The summed E-state index contributed by atoms with van der Waals surface area (Å²) in [6.07, 6.45) is 0.140. The predicted molar refractivity (Wildman–Crippen MR) is 98.5 cm³/mol. The van der Waals surface area contributed by atoms with Crippen molar-refractivity contribution in [2.24, 2.45) is 0 Å². The van der Waals surface area contributed by atoms with Gasteiger partial charge in [0.15, 0.2) is 6.10 Å². The third-order valence-corrected chi connectivity index (χ3v) is 4.36. The van der Waals surface area contributed by atoms with Gasteiger partial charge in [0.25, 0.3) is 5.91 Å². The van der Waals surface area contributed by atoms with Crippen LogP contribution in [0.1, 0.15) is 30.0 Å². The lowest BCUT2D eigenvalue weighted by atomic mass is 10.1. The second-order valence-corrected chi connectivity index (χ2v) is 6.52. The monoisotopic (exact) mass is 345 g/mol. The lowest BCUT2D eigenvalue weighted by molar-refractivity contribution is -0.138. The van der Waals surface area contributed by atoms with Gasteiger partial charge in [-0.3, -0.25) is 4.79 Å². The number of aryl methyl sites for hydroxylation is 2. The van der Waals surface area contributed by atoms with E-state index in [4.69, 9.17) is 16.3 Å². The molecule has 0 saturated carbocycles. The van der Waals surface area contributed by atoms with E-state index in [2.05, 4.69) is 6.92 Å². The van der Waals surface area contributed by atoms with Crippen LogP contribution in [0.3, 0.4) is 0 Å². The van der Waals surface area contributed by atoms with E-state index in [1.165, 1.54) is 5.56 Å². The summed E-state index contributed by atoms with van der Waals surface area (Å²) in [5.74, 6) is 0.712. The molecule has 0 radical (unpaired) electrons. The Kier molecular flexibility index (Phi) is 6.27. The van der Waals surface area contributed by atoms with E-state index in [-0.39, 0.29) is 5.91 Å². The Morgan fingerprint density at radius 3 is 2.38 bits per heavy atom. The molecule has 1 atom stereocenters. The molecule has 0 N–H and O–H groups in total. The van der Waals surface area contributed by atoms with Gasteiger partial charge >= 0.3 is 0 Å². The fourth-order valence-electron chi connectivity index (χ4n) is 2.45. The molecule has 1 amide bonds. The van der Waals surface area contributed by atoms with Gasteiger partial charge in [0.1, 0.15) is 5.75 Å². The number of hydrogen-bond acceptors (Lipinski definition) is 2. The van der Waals surface area contributed by atoms with Crippen molar-refractivity contribution < 1.29 is 9.53 Å². The van der Waals surface area contributed by atoms with Gasteiger partial charge in [-0.1, -0.05) is 36.7 Å². The van der Waals surface area contributed by atoms with Crippen molar-refractivity contribution in [1.82, 2.24) is 4.90 Å². The summed E-state index contributed by atoms with van der Waals surface area (Å²) in [7, 11) is 1.79. The molecule has 2 aromatic rings. The van der Waals surface area contributed by atoms with Gasteiger partial charge in [-0.2, -0.15) is 0 Å². The van der Waals surface area contributed by atoms with Crippen molar-refractivity contribution in [3.05, 3.63) is 64.2 Å². The van der Waals surface area contributed by atoms with Crippen molar-refractivity contribution >= 4 is 17.5 Å². The Balaban J connectivity index is 2.04. The summed E-state index contributed by atoms with van der Waals surface area (Å²) in [5.41, 5.74) is 3.40. The van der Waals surface area contributed by atoms with Crippen molar-refractivity contribution in [1.29, 1.82) is 0 Å². The molecule has 0 fully saturated rings. The molecule has 0 aliphatic rings. The average Bonchev–Trinajstić information content (AvgIpc) is 2.57. The van der Waals surface area contributed by atoms with Crippen molar-refractivity contribution in [3.8, 4) is 5.75 Å². The van der Waals surface area contributed by atoms with Crippen LogP contribution in [0.25, 0.3) is 0 Å². The molecule has 24 heavy (non-hydrogen) atoms. The molecule has 128 valence electrons. The first kappa shape index (κ1) is 18.3. The second-order valence-electron chi connectivity index (χ2n) is 6.08. The largest absolute Gasteiger partial charge is 0.481 e. The van der Waals surface area contributed by atoms with E-state index in [0.717, 1.165) is 16.9 Å². The quantitative estimate of drug-likeness (QED) is 0.754. The highest BCUT2D eigenvalue weighted by Gasteiger charge is 2.22. The zero-order valence-corrected chi connectivity index (χ0v) is 15.4. The van der Waals surface area contributed by atoms with Gasteiger partial charge in [0.2, 0.25) is 0 Å². The number of ether oxygens (including phenoxy) is 1. The van der Waals surface area contributed by atoms with E-state index in [9.17, 15) is 4.79 Å². The summed E-state index contributed by atoms with van der Waals surface area (Å²) < 4.78 is 5.93. The van der Waals surface area contributed by atoms with Crippen molar-refractivity contribution in [3.63, 3.8) is 0 Å². The van der Waals surface area contributed by atoms with E-state index < -0.39 is 6.10 Å². The fraction of sp³-hybridized carbons (Fsp3) is 0.350. The van der Waals surface area contributed by atoms with E-state index in [0.29, 0.717) is 18.0 Å². The number of benzene rings is 2. The van der Waals surface area contributed by atoms with Crippen LogP contribution in [0.2, 0.25) is 5.02 Å². The third kappa shape index (κ3) is 4.75. The highest BCUT2D eigenvalue weighted by molar-refractivity contribution is 6.30. The smallest absolute Gasteiger partial charge is 0.263 e. The normalized spacial score (nSPS) is 11.9. The van der Waals surface area contributed by atoms with Gasteiger partial charge in [0.05, 0.1) is 0 Å². The Hall–Kier alpha value is -2.00. The Labute approximate surface area is 149 Å². The van der Waals surface area contributed by atoms with Gasteiger partial charge in [-0.25, -0.2) is 0 Å². The molecule has 0 bridgehead atoms. The first-order chi connectivity index (χ1) is 11.4. The highest BCUT2D eigenvalue weighted by Crippen LogP contribution is 2.19. The number of likely N-dealkylation sites (N-methyl/N-ethyl adjacent to an activating group) is 1. The van der Waals surface area contributed by atoms with Gasteiger partial charge in [-0.05, 0) is 61.2 Å². The number of rotatable bonds is 6.